The van der Waals surface area contributed by atoms with Crippen LogP contribution < -0.4 is 9.64 Å². The number of carbonyl (C=O) groups excluding carboxylic acids is 2. The molecule has 11 heteroatoms. The third-order valence-corrected chi connectivity index (χ3v) is 10.0. The zero-order chi connectivity index (χ0) is 30.3. The molecule has 0 N–H and O–H groups in total. The van der Waals surface area contributed by atoms with E-state index in [9.17, 15) is 9.59 Å². The van der Waals surface area contributed by atoms with E-state index in [1.807, 2.05) is 19.9 Å². The minimum Gasteiger partial charge on any atom is -0.473 e. The Hall–Kier alpha value is -3.21. The highest BCUT2D eigenvalue weighted by Crippen LogP contribution is 2.47. The van der Waals surface area contributed by atoms with Gasteiger partial charge in [-0.3, -0.25) is 9.69 Å². The van der Waals surface area contributed by atoms with Gasteiger partial charge in [-0.15, -0.1) is 0 Å². The number of Topliss-reactive ketones (excluding diaryl/α,β-unsaturated/α-hetero) is 1. The molecule has 2 saturated heterocycles. The summed E-state index contributed by atoms with van der Waals surface area (Å²) in [6.45, 7) is 8.23. The summed E-state index contributed by atoms with van der Waals surface area (Å²) in [5, 5.41) is 4.52. The second kappa shape index (κ2) is 12.1. The highest BCUT2D eigenvalue weighted by Gasteiger charge is 2.48. The highest BCUT2D eigenvalue weighted by atomic mass is 16.6. The van der Waals surface area contributed by atoms with Crippen molar-refractivity contribution in [3.05, 3.63) is 17.4 Å². The van der Waals surface area contributed by atoms with Gasteiger partial charge in [0.1, 0.15) is 17.7 Å². The third-order valence-electron chi connectivity index (χ3n) is 10.0. The number of hydrogen-bond acceptors (Lipinski definition) is 10. The van der Waals surface area contributed by atoms with E-state index in [2.05, 4.69) is 28.9 Å². The van der Waals surface area contributed by atoms with Crippen molar-refractivity contribution in [3.8, 4) is 17.4 Å². The van der Waals surface area contributed by atoms with Crippen LogP contribution in [0.3, 0.4) is 0 Å². The molecule has 4 heterocycles. The minimum absolute atomic E-state index is 0.00271. The Labute approximate surface area is 254 Å². The van der Waals surface area contributed by atoms with Crippen LogP contribution in [0.1, 0.15) is 89.9 Å². The van der Waals surface area contributed by atoms with Gasteiger partial charge < -0.3 is 23.8 Å². The molecule has 2 aromatic heterocycles. The normalized spacial score (nSPS) is 26.7. The summed E-state index contributed by atoms with van der Waals surface area (Å²) >= 11 is 0. The highest BCUT2D eigenvalue weighted by molar-refractivity contribution is 5.91. The fraction of sp³-hybridized carbons (Fsp3) is 0.719. The van der Waals surface area contributed by atoms with Gasteiger partial charge in [-0.2, -0.15) is 4.98 Å². The molecule has 1 spiro atoms. The van der Waals surface area contributed by atoms with Gasteiger partial charge in [0.05, 0.1) is 17.6 Å². The first kappa shape index (κ1) is 29.8. The number of likely N-dealkylation sites (N-methyl/N-ethyl adjacent to an activating group) is 2. The molecule has 11 nitrogen and oxygen atoms in total. The van der Waals surface area contributed by atoms with E-state index in [0.29, 0.717) is 36.4 Å². The maximum atomic E-state index is 13.2. The smallest absolute Gasteiger partial charge is 0.410 e. The largest absolute Gasteiger partial charge is 0.473 e. The molecule has 0 radical (unpaired) electrons. The van der Waals surface area contributed by atoms with Crippen molar-refractivity contribution in [2.45, 2.75) is 115 Å². The molecule has 0 bridgehead atoms. The number of ketones is 1. The fourth-order valence-electron chi connectivity index (χ4n) is 7.61. The Morgan fingerprint density at radius 1 is 1.09 bits per heavy atom. The Kier molecular flexibility index (Phi) is 8.37. The zero-order valence-corrected chi connectivity index (χ0v) is 26.3. The lowest BCUT2D eigenvalue weighted by molar-refractivity contribution is -0.128. The lowest BCUT2D eigenvalue weighted by atomic mass is 9.64. The van der Waals surface area contributed by atoms with Crippen molar-refractivity contribution >= 4 is 17.7 Å². The number of rotatable bonds is 7. The van der Waals surface area contributed by atoms with E-state index in [1.54, 1.807) is 11.9 Å². The first-order valence-electron chi connectivity index (χ1n) is 16.1. The maximum Gasteiger partial charge on any atom is 0.410 e. The van der Waals surface area contributed by atoms with Gasteiger partial charge >= 0.3 is 6.09 Å². The molecular weight excluding hydrogens is 548 g/mol. The number of aromatic nitrogens is 3. The topological polar surface area (TPSA) is 114 Å². The maximum absolute atomic E-state index is 13.2. The molecule has 4 aliphatic rings. The van der Waals surface area contributed by atoms with Crippen molar-refractivity contribution in [1.29, 1.82) is 0 Å². The van der Waals surface area contributed by atoms with E-state index in [1.165, 1.54) is 0 Å². The molecule has 3 fully saturated rings. The summed E-state index contributed by atoms with van der Waals surface area (Å²) in [7, 11) is 3.94. The zero-order valence-electron chi connectivity index (χ0n) is 26.3. The molecular formula is C32H46N6O5. The summed E-state index contributed by atoms with van der Waals surface area (Å²) in [6, 6.07) is 2.22. The average molecular weight is 595 g/mol. The van der Waals surface area contributed by atoms with Crippen molar-refractivity contribution < 1.29 is 23.6 Å². The molecule has 4 atom stereocenters. The number of hydrogen-bond donors (Lipinski definition) is 0. The van der Waals surface area contributed by atoms with Crippen LogP contribution in [-0.4, -0.2) is 94.8 Å². The number of carbonyl (C=O) groups is 2. The number of ether oxygens (including phenoxy) is 2. The molecule has 2 aromatic rings. The van der Waals surface area contributed by atoms with E-state index < -0.39 is 5.41 Å². The van der Waals surface area contributed by atoms with E-state index in [4.69, 9.17) is 24.0 Å². The van der Waals surface area contributed by atoms with Gasteiger partial charge in [-0.1, -0.05) is 11.6 Å². The minimum atomic E-state index is -0.563. The first-order valence-corrected chi connectivity index (χ1v) is 16.1. The number of nitrogens with zero attached hydrogens (tertiary/aromatic N) is 6. The van der Waals surface area contributed by atoms with Crippen LogP contribution in [0.2, 0.25) is 0 Å². The molecule has 1 amide bonds. The lowest BCUT2D eigenvalue weighted by Crippen LogP contribution is -2.41. The predicted molar refractivity (Wildman–Crippen MR) is 161 cm³/mol. The number of amides is 1. The Bertz CT molecular complexity index is 1350. The number of anilines is 1. The second-order valence-electron chi connectivity index (χ2n) is 13.2. The van der Waals surface area contributed by atoms with Gasteiger partial charge in [0, 0.05) is 44.2 Å². The van der Waals surface area contributed by atoms with Crippen molar-refractivity contribution in [3.63, 3.8) is 0 Å². The second-order valence-corrected chi connectivity index (χ2v) is 13.2. The summed E-state index contributed by atoms with van der Waals surface area (Å²) in [5.74, 6) is 2.69. The van der Waals surface area contributed by atoms with Gasteiger partial charge in [0.2, 0.25) is 5.88 Å². The molecule has 2 aliphatic carbocycles. The SMILES string of the molecule is CC(C)OC(=O)N(C)[C@H]1CCN(c2cc(O[C@@H](C)[C@@H]3CCCN3C)nc(-c3noc4c3CCC[C@@]43CCCCC3=O)n2)C1. The molecule has 6 rings (SSSR count). The number of likely N-dealkylation sites (tertiary alicyclic amines) is 1. The Balaban J connectivity index is 1.32. The van der Waals surface area contributed by atoms with Gasteiger partial charge in [-0.25, -0.2) is 9.78 Å². The average Bonchev–Trinajstić information content (AvgIpc) is 3.74. The first-order chi connectivity index (χ1) is 20.7. The van der Waals surface area contributed by atoms with E-state index in [0.717, 1.165) is 88.0 Å². The van der Waals surface area contributed by atoms with Crippen molar-refractivity contribution in [2.75, 3.05) is 38.6 Å². The predicted octanol–water partition coefficient (Wildman–Crippen LogP) is 4.77. The van der Waals surface area contributed by atoms with Crippen LogP contribution >= 0.6 is 0 Å². The van der Waals surface area contributed by atoms with Crippen LogP contribution in [0.25, 0.3) is 11.5 Å². The van der Waals surface area contributed by atoms with E-state index >= 15 is 0 Å². The Morgan fingerprint density at radius 3 is 2.65 bits per heavy atom. The molecule has 0 aromatic carbocycles. The summed E-state index contributed by atoms with van der Waals surface area (Å²) < 4.78 is 18.0. The monoisotopic (exact) mass is 594 g/mol. The lowest BCUT2D eigenvalue weighted by Gasteiger charge is -2.36. The molecule has 43 heavy (non-hydrogen) atoms. The van der Waals surface area contributed by atoms with Crippen LogP contribution in [0, 0.1) is 0 Å². The summed E-state index contributed by atoms with van der Waals surface area (Å²) in [4.78, 5) is 41.9. The number of fused-ring (bicyclic) bond motifs is 2. The van der Waals surface area contributed by atoms with Crippen LogP contribution in [0.5, 0.6) is 5.88 Å². The third kappa shape index (κ3) is 5.72. The summed E-state index contributed by atoms with van der Waals surface area (Å²) in [6.07, 6.45) is 8.39. The van der Waals surface area contributed by atoms with Crippen LogP contribution in [0.4, 0.5) is 10.6 Å². The molecule has 2 aliphatic heterocycles. The van der Waals surface area contributed by atoms with Crippen molar-refractivity contribution in [1.82, 2.24) is 24.9 Å². The summed E-state index contributed by atoms with van der Waals surface area (Å²) in [5.41, 5.74) is 1.01. The standard InChI is InChI=1S/C32H46N6O5/c1-20(2)41-31(40)37(5)22-13-17-38(19-22)26-18-27(42-21(3)24-11-9-16-36(24)4)34-30(33-26)28-23-10-8-15-32(29(23)43-35-28)14-7-6-12-25(32)39/h18,20-22,24H,6-17,19H2,1-5H3/t21-,22-,24-,32+/m0/s1. The molecule has 1 saturated carbocycles. The van der Waals surface area contributed by atoms with Gasteiger partial charge in [0.25, 0.3) is 0 Å². The van der Waals surface area contributed by atoms with E-state index in [-0.39, 0.29) is 30.1 Å². The van der Waals surface area contributed by atoms with Crippen LogP contribution in [-0.2, 0) is 21.4 Å². The van der Waals surface area contributed by atoms with Gasteiger partial charge in [0.15, 0.2) is 17.3 Å². The van der Waals surface area contributed by atoms with Gasteiger partial charge in [-0.05, 0) is 85.7 Å². The quantitative estimate of drug-likeness (QED) is 0.444. The Morgan fingerprint density at radius 2 is 1.91 bits per heavy atom. The molecule has 234 valence electrons. The van der Waals surface area contributed by atoms with Crippen molar-refractivity contribution in [2.24, 2.45) is 0 Å². The van der Waals surface area contributed by atoms with Crippen LogP contribution in [0.15, 0.2) is 10.6 Å². The molecule has 0 unspecified atom stereocenters. The fourth-order valence-corrected chi connectivity index (χ4v) is 7.61.